The predicted octanol–water partition coefficient (Wildman–Crippen LogP) is 5.25. The van der Waals surface area contributed by atoms with Crippen molar-refractivity contribution >= 4 is 23.6 Å². The molecular weight excluding hydrogens is 398 g/mol. The van der Waals surface area contributed by atoms with E-state index >= 15 is 0 Å². The number of aliphatic hydroxyl groups is 1. The van der Waals surface area contributed by atoms with Gasteiger partial charge in [-0.3, -0.25) is 9.59 Å². The van der Waals surface area contributed by atoms with Gasteiger partial charge in [-0.1, -0.05) is 89.0 Å². The van der Waals surface area contributed by atoms with Crippen LogP contribution in [0.5, 0.6) is 0 Å². The van der Waals surface area contributed by atoms with E-state index in [4.69, 9.17) is 10.8 Å². The van der Waals surface area contributed by atoms with E-state index in [1.165, 1.54) is 69.5 Å². The molecule has 170 valence electrons. The van der Waals surface area contributed by atoms with Crippen LogP contribution in [0.15, 0.2) is 24.3 Å². The van der Waals surface area contributed by atoms with E-state index in [1.807, 2.05) is 24.3 Å². The lowest BCUT2D eigenvalue weighted by molar-refractivity contribution is -0.136. The number of hydrogen-bond donors (Lipinski definition) is 3. The van der Waals surface area contributed by atoms with E-state index in [9.17, 15) is 14.7 Å². The zero-order valence-corrected chi connectivity index (χ0v) is 19.2. The third-order valence-corrected chi connectivity index (χ3v) is 6.66. The molecule has 6 heteroatoms. The molecule has 0 spiro atoms. The lowest BCUT2D eigenvalue weighted by Crippen LogP contribution is -2.33. The minimum atomic E-state index is -1.34. The van der Waals surface area contributed by atoms with E-state index in [-0.39, 0.29) is 6.42 Å². The number of hydrogen-bond acceptors (Lipinski definition) is 4. The Balaban J connectivity index is 2.53. The van der Waals surface area contributed by atoms with Crippen molar-refractivity contribution in [3.63, 3.8) is 0 Å². The summed E-state index contributed by atoms with van der Waals surface area (Å²) in [5, 5.41) is 18.7. The Hall–Kier alpha value is -1.53. The molecule has 0 heterocycles. The number of carboxylic acid groups (broad SMARTS) is 1. The second-order valence-corrected chi connectivity index (χ2v) is 9.16. The average molecular weight is 438 g/mol. The van der Waals surface area contributed by atoms with E-state index in [0.29, 0.717) is 5.75 Å². The van der Waals surface area contributed by atoms with Crippen LogP contribution in [-0.4, -0.2) is 33.9 Å². The van der Waals surface area contributed by atoms with E-state index < -0.39 is 23.2 Å². The topological polar surface area (TPSA) is 101 Å². The molecule has 0 radical (unpaired) electrons. The van der Waals surface area contributed by atoms with Crippen molar-refractivity contribution < 1.29 is 19.8 Å². The molecule has 5 nitrogen and oxygen atoms in total. The summed E-state index contributed by atoms with van der Waals surface area (Å²) in [5.41, 5.74) is 7.33. The van der Waals surface area contributed by atoms with Crippen molar-refractivity contribution in [2.75, 3.05) is 5.75 Å². The lowest BCUT2D eigenvalue weighted by atomic mass is 9.96. The number of carboxylic acids is 1. The van der Waals surface area contributed by atoms with Gasteiger partial charge < -0.3 is 15.9 Å². The molecule has 0 aliphatic heterocycles. The molecule has 2 atom stereocenters. The van der Waals surface area contributed by atoms with Crippen molar-refractivity contribution in [1.82, 2.24) is 0 Å². The summed E-state index contributed by atoms with van der Waals surface area (Å²) in [7, 11) is 0. The molecule has 4 N–H and O–H groups in total. The Morgan fingerprint density at radius 3 is 2.10 bits per heavy atom. The summed E-state index contributed by atoms with van der Waals surface area (Å²) >= 11 is 1.28. The smallest absolute Gasteiger partial charge is 0.304 e. The van der Waals surface area contributed by atoms with Crippen molar-refractivity contribution in [2.45, 2.75) is 95.3 Å². The zero-order valence-electron chi connectivity index (χ0n) is 18.4. The molecule has 1 aromatic carbocycles. The van der Waals surface area contributed by atoms with E-state index in [0.717, 1.165) is 24.0 Å². The molecular formula is C24H39NO4S. The van der Waals surface area contributed by atoms with E-state index in [1.54, 1.807) is 0 Å². The number of aliphatic carboxylic acids is 1. The number of primary amides is 1. The van der Waals surface area contributed by atoms with Gasteiger partial charge in [0, 0.05) is 5.75 Å². The molecule has 0 fully saturated rings. The van der Waals surface area contributed by atoms with Crippen LogP contribution in [0.2, 0.25) is 0 Å². The first-order valence-electron chi connectivity index (χ1n) is 11.4. The number of rotatable bonds is 18. The molecule has 0 aliphatic carbocycles. The molecule has 0 aliphatic rings. The maximum absolute atomic E-state index is 11.6. The fourth-order valence-electron chi connectivity index (χ4n) is 3.62. The molecule has 30 heavy (non-hydrogen) atoms. The number of nitrogens with two attached hydrogens (primary N) is 1. The highest BCUT2D eigenvalue weighted by atomic mass is 32.2. The highest BCUT2D eigenvalue weighted by molar-refractivity contribution is 7.99. The first-order chi connectivity index (χ1) is 14.5. The molecule has 2 unspecified atom stereocenters. The normalized spacial score (nSPS) is 13.1. The highest BCUT2D eigenvalue weighted by Gasteiger charge is 2.28. The van der Waals surface area contributed by atoms with Crippen LogP contribution in [0.4, 0.5) is 0 Å². The van der Waals surface area contributed by atoms with E-state index in [2.05, 4.69) is 6.92 Å². The molecule has 1 rings (SSSR count). The van der Waals surface area contributed by atoms with Gasteiger partial charge >= 0.3 is 5.97 Å². The highest BCUT2D eigenvalue weighted by Crippen LogP contribution is 2.35. The summed E-state index contributed by atoms with van der Waals surface area (Å²) in [5.74, 6) is -1.36. The number of benzene rings is 1. The first kappa shape index (κ1) is 26.5. The number of unbranched alkanes of at least 4 members (excludes halogenated alkanes) is 9. The predicted molar refractivity (Wildman–Crippen MR) is 125 cm³/mol. The van der Waals surface area contributed by atoms with Crippen LogP contribution in [-0.2, 0) is 16.0 Å². The number of carbonyl (C=O) groups excluding carboxylic acids is 1. The number of aliphatic hydroxyl groups excluding tert-OH is 1. The SMILES string of the molecule is CCCCCCCCCCCCc1ccccc1C(SCCC(=O)O)C(O)C(N)=O. The van der Waals surface area contributed by atoms with Gasteiger partial charge in [-0.2, -0.15) is 0 Å². The van der Waals surface area contributed by atoms with Crippen molar-refractivity contribution in [3.8, 4) is 0 Å². The van der Waals surface area contributed by atoms with Gasteiger partial charge in [-0.25, -0.2) is 0 Å². The Bertz CT molecular complexity index is 623. The zero-order chi connectivity index (χ0) is 22.2. The number of amides is 1. The van der Waals surface area contributed by atoms with Crippen LogP contribution in [0.3, 0.4) is 0 Å². The van der Waals surface area contributed by atoms with Gasteiger partial charge in [0.05, 0.1) is 11.7 Å². The molecule has 0 aromatic heterocycles. The lowest BCUT2D eigenvalue weighted by Gasteiger charge is -2.23. The second-order valence-electron chi connectivity index (χ2n) is 7.91. The van der Waals surface area contributed by atoms with Crippen molar-refractivity contribution in [2.24, 2.45) is 5.73 Å². The number of aryl methyl sites for hydroxylation is 1. The van der Waals surface area contributed by atoms with Crippen LogP contribution < -0.4 is 5.73 Å². The largest absolute Gasteiger partial charge is 0.481 e. The van der Waals surface area contributed by atoms with Gasteiger partial charge in [0.1, 0.15) is 6.10 Å². The first-order valence-corrected chi connectivity index (χ1v) is 12.4. The Kier molecular flexibility index (Phi) is 14.3. The Morgan fingerprint density at radius 2 is 1.53 bits per heavy atom. The minimum absolute atomic E-state index is 0.0206. The third-order valence-electron chi connectivity index (χ3n) is 5.35. The van der Waals surface area contributed by atoms with Gasteiger partial charge in [-0.15, -0.1) is 11.8 Å². The molecule has 0 saturated heterocycles. The summed E-state index contributed by atoms with van der Waals surface area (Å²) in [6.45, 7) is 2.24. The van der Waals surface area contributed by atoms with Crippen LogP contribution in [0, 0.1) is 0 Å². The summed E-state index contributed by atoms with van der Waals surface area (Å²) in [6.07, 6.45) is 12.3. The maximum atomic E-state index is 11.6. The monoisotopic (exact) mass is 437 g/mol. The van der Waals surface area contributed by atoms with Gasteiger partial charge in [0.2, 0.25) is 5.91 Å². The molecule has 0 saturated carbocycles. The van der Waals surface area contributed by atoms with Crippen LogP contribution in [0.1, 0.15) is 93.9 Å². The van der Waals surface area contributed by atoms with Crippen molar-refractivity contribution in [1.29, 1.82) is 0 Å². The van der Waals surface area contributed by atoms with Crippen LogP contribution >= 0.6 is 11.8 Å². The Labute approximate surface area is 185 Å². The van der Waals surface area contributed by atoms with Gasteiger partial charge in [-0.05, 0) is 24.0 Å². The molecule has 1 amide bonds. The molecule has 0 bridgehead atoms. The van der Waals surface area contributed by atoms with Gasteiger partial charge in [0.15, 0.2) is 0 Å². The summed E-state index contributed by atoms with van der Waals surface area (Å²) in [6, 6.07) is 7.79. The second kappa shape index (κ2) is 16.2. The fraction of sp³-hybridized carbons (Fsp3) is 0.667. The van der Waals surface area contributed by atoms with Crippen LogP contribution in [0.25, 0.3) is 0 Å². The average Bonchev–Trinajstić information content (AvgIpc) is 2.72. The number of carbonyl (C=O) groups is 2. The quantitative estimate of drug-likeness (QED) is 0.272. The summed E-state index contributed by atoms with van der Waals surface area (Å²) in [4.78, 5) is 22.4. The Morgan fingerprint density at radius 1 is 0.967 bits per heavy atom. The summed E-state index contributed by atoms with van der Waals surface area (Å²) < 4.78 is 0. The standard InChI is InChI=1S/C24H39NO4S/c1-2-3-4-5-6-7-8-9-10-11-14-19-15-12-13-16-20(19)23(22(28)24(25)29)30-18-17-21(26)27/h12-13,15-16,22-23,28H,2-11,14,17-18H2,1H3,(H2,25,29)(H,26,27). The van der Waals surface area contributed by atoms with Crippen molar-refractivity contribution in [3.05, 3.63) is 35.4 Å². The number of thioether (sulfide) groups is 1. The fourth-order valence-corrected chi connectivity index (χ4v) is 4.89. The molecule has 1 aromatic rings. The van der Waals surface area contributed by atoms with Gasteiger partial charge in [0.25, 0.3) is 0 Å². The third kappa shape index (κ3) is 11.0. The minimum Gasteiger partial charge on any atom is -0.481 e. The maximum Gasteiger partial charge on any atom is 0.304 e.